The normalized spacial score (nSPS) is 12.2. The summed E-state index contributed by atoms with van der Waals surface area (Å²) in [6.07, 6.45) is 0.344. The molecule has 31 heavy (non-hydrogen) atoms. The predicted octanol–water partition coefficient (Wildman–Crippen LogP) is 7.12. The first-order valence-corrected chi connectivity index (χ1v) is 10.6. The summed E-state index contributed by atoms with van der Waals surface area (Å²) in [5.41, 5.74) is 2.95. The van der Waals surface area contributed by atoms with E-state index in [9.17, 15) is 13.2 Å². The summed E-state index contributed by atoms with van der Waals surface area (Å²) in [6, 6.07) is 13.1. The van der Waals surface area contributed by atoms with E-state index in [4.69, 9.17) is 0 Å². The Bertz CT molecular complexity index is 985. The number of nitrogens with zero attached hydrogens (tertiary/aromatic N) is 3. The van der Waals surface area contributed by atoms with Gasteiger partial charge >= 0.3 is 6.18 Å². The van der Waals surface area contributed by atoms with Crippen molar-refractivity contribution in [3.8, 4) is 11.4 Å². The Morgan fingerprint density at radius 1 is 0.935 bits per heavy atom. The number of nitrogens with one attached hydrogen (secondary N) is 1. The molecule has 0 saturated heterocycles. The molecule has 0 spiro atoms. The first kappa shape index (κ1) is 22.8. The number of benzene rings is 1. The molecule has 4 nitrogen and oxygen atoms in total. The molecule has 7 heteroatoms. The van der Waals surface area contributed by atoms with Crippen LogP contribution in [0, 0.1) is 0 Å². The van der Waals surface area contributed by atoms with Crippen LogP contribution in [0.2, 0.25) is 0 Å². The largest absolute Gasteiger partial charge is 0.435 e. The molecule has 0 saturated carbocycles. The number of aromatic nitrogens is 3. The molecule has 166 valence electrons. The Labute approximate surface area is 181 Å². The fourth-order valence-corrected chi connectivity index (χ4v) is 3.40. The molecule has 2 aromatic heterocycles. The third kappa shape index (κ3) is 5.66. The summed E-state index contributed by atoms with van der Waals surface area (Å²) < 4.78 is 38.8. The molecule has 0 atom stereocenters. The van der Waals surface area contributed by atoms with Gasteiger partial charge in [0.2, 0.25) is 0 Å². The van der Waals surface area contributed by atoms with Crippen molar-refractivity contribution >= 4 is 11.4 Å². The number of alkyl halides is 3. The minimum Gasteiger partial charge on any atom is -0.341 e. The van der Waals surface area contributed by atoms with Crippen molar-refractivity contribution in [2.75, 3.05) is 11.4 Å². The van der Waals surface area contributed by atoms with Crippen LogP contribution >= 0.6 is 0 Å². The van der Waals surface area contributed by atoms with E-state index in [-0.39, 0.29) is 11.1 Å². The average Bonchev–Trinajstić information content (AvgIpc) is 3.22. The molecule has 1 aromatic carbocycles. The molecular formula is C24H29F3N4. The molecule has 3 rings (SSSR count). The molecule has 3 aromatic rings. The first-order valence-electron chi connectivity index (χ1n) is 10.6. The maximum Gasteiger partial charge on any atom is 0.435 e. The van der Waals surface area contributed by atoms with Crippen molar-refractivity contribution in [1.29, 1.82) is 0 Å². The molecule has 0 fully saturated rings. The van der Waals surface area contributed by atoms with Crippen LogP contribution in [0.5, 0.6) is 0 Å². The highest BCUT2D eigenvalue weighted by Crippen LogP contribution is 2.33. The van der Waals surface area contributed by atoms with Crippen molar-refractivity contribution < 1.29 is 13.2 Å². The molecule has 0 amide bonds. The second-order valence-corrected chi connectivity index (χ2v) is 8.72. The van der Waals surface area contributed by atoms with E-state index in [0.717, 1.165) is 43.2 Å². The van der Waals surface area contributed by atoms with Crippen LogP contribution in [0.1, 0.15) is 58.2 Å². The molecule has 2 heterocycles. The van der Waals surface area contributed by atoms with E-state index >= 15 is 0 Å². The van der Waals surface area contributed by atoms with Crippen molar-refractivity contribution in [3.05, 3.63) is 59.9 Å². The third-order valence-electron chi connectivity index (χ3n) is 5.23. The Kier molecular flexibility index (Phi) is 6.72. The molecule has 0 unspecified atom stereocenters. The van der Waals surface area contributed by atoms with Gasteiger partial charge in [-0.3, -0.25) is 10.1 Å². The number of rotatable bonds is 7. The van der Waals surface area contributed by atoms with Gasteiger partial charge in [-0.15, -0.1) is 0 Å². The van der Waals surface area contributed by atoms with Crippen molar-refractivity contribution in [2.45, 2.75) is 58.5 Å². The van der Waals surface area contributed by atoms with Gasteiger partial charge in [-0.2, -0.15) is 18.3 Å². The van der Waals surface area contributed by atoms with Gasteiger partial charge in [0.1, 0.15) is 0 Å². The van der Waals surface area contributed by atoms with Crippen LogP contribution in [0.25, 0.3) is 11.4 Å². The zero-order valence-electron chi connectivity index (χ0n) is 18.4. The van der Waals surface area contributed by atoms with Gasteiger partial charge in [0.05, 0.1) is 11.4 Å². The van der Waals surface area contributed by atoms with Crippen molar-refractivity contribution in [2.24, 2.45) is 0 Å². The highest BCUT2D eigenvalue weighted by Gasteiger charge is 2.34. The predicted molar refractivity (Wildman–Crippen MR) is 118 cm³/mol. The van der Waals surface area contributed by atoms with Crippen molar-refractivity contribution in [1.82, 2.24) is 15.2 Å². The van der Waals surface area contributed by atoms with E-state index in [1.54, 1.807) is 12.3 Å². The first-order chi connectivity index (χ1) is 14.6. The fraction of sp³-hybridized carbons (Fsp3) is 0.417. The molecule has 0 bridgehead atoms. The smallest absolute Gasteiger partial charge is 0.341 e. The second-order valence-electron chi connectivity index (χ2n) is 8.72. The molecule has 0 aliphatic carbocycles. The lowest BCUT2D eigenvalue weighted by Crippen LogP contribution is -2.19. The Hall–Kier alpha value is -2.83. The van der Waals surface area contributed by atoms with E-state index in [2.05, 4.69) is 72.0 Å². The Morgan fingerprint density at radius 3 is 2.23 bits per heavy atom. The van der Waals surface area contributed by atoms with Crippen molar-refractivity contribution in [3.63, 3.8) is 0 Å². The number of hydrogen-bond acceptors (Lipinski definition) is 3. The van der Waals surface area contributed by atoms with E-state index in [1.165, 1.54) is 5.56 Å². The zero-order valence-corrected chi connectivity index (χ0v) is 18.4. The van der Waals surface area contributed by atoms with Crippen LogP contribution in [0.15, 0.2) is 48.7 Å². The quantitative estimate of drug-likeness (QED) is 0.406. The SMILES string of the molecule is CCCCCN(c1ccc(C(C)(C)C)cc1)c1ccnc(-c2cc(C(F)(F)F)n[nH]2)c1. The van der Waals surface area contributed by atoms with Crippen LogP contribution in [-0.4, -0.2) is 21.7 Å². The lowest BCUT2D eigenvalue weighted by atomic mass is 9.87. The Morgan fingerprint density at radius 2 is 1.65 bits per heavy atom. The highest BCUT2D eigenvalue weighted by molar-refractivity contribution is 5.68. The molecule has 0 radical (unpaired) electrons. The lowest BCUT2D eigenvalue weighted by molar-refractivity contribution is -0.141. The van der Waals surface area contributed by atoms with Gasteiger partial charge in [0.15, 0.2) is 5.69 Å². The minimum atomic E-state index is -4.49. The van der Waals surface area contributed by atoms with E-state index in [0.29, 0.717) is 5.69 Å². The topological polar surface area (TPSA) is 44.8 Å². The van der Waals surface area contributed by atoms with Crippen LogP contribution in [0.4, 0.5) is 24.5 Å². The summed E-state index contributed by atoms with van der Waals surface area (Å²) in [4.78, 5) is 6.45. The van der Waals surface area contributed by atoms with Gasteiger partial charge in [-0.25, -0.2) is 0 Å². The lowest BCUT2D eigenvalue weighted by Gasteiger charge is -2.27. The average molecular weight is 431 g/mol. The monoisotopic (exact) mass is 430 g/mol. The number of aromatic amines is 1. The number of anilines is 2. The number of halogens is 3. The third-order valence-corrected chi connectivity index (χ3v) is 5.23. The van der Waals surface area contributed by atoms with Gasteiger partial charge in [0.25, 0.3) is 0 Å². The van der Waals surface area contributed by atoms with Gasteiger partial charge in [0, 0.05) is 24.1 Å². The van der Waals surface area contributed by atoms with Gasteiger partial charge in [-0.1, -0.05) is 52.7 Å². The maximum absolute atomic E-state index is 12.9. The minimum absolute atomic E-state index is 0.0617. The highest BCUT2D eigenvalue weighted by atomic mass is 19.4. The number of H-pyrrole nitrogens is 1. The zero-order chi connectivity index (χ0) is 22.6. The summed E-state index contributed by atoms with van der Waals surface area (Å²) >= 11 is 0. The Balaban J connectivity index is 1.94. The molecule has 0 aliphatic rings. The van der Waals surface area contributed by atoms with Gasteiger partial charge < -0.3 is 4.90 Å². The second kappa shape index (κ2) is 9.12. The molecule has 0 aliphatic heterocycles. The maximum atomic E-state index is 12.9. The summed E-state index contributed by atoms with van der Waals surface area (Å²) in [7, 11) is 0. The number of unbranched alkanes of at least 4 members (excludes halogenated alkanes) is 2. The van der Waals surface area contributed by atoms with Crippen LogP contribution in [-0.2, 0) is 11.6 Å². The van der Waals surface area contributed by atoms with Crippen LogP contribution < -0.4 is 4.90 Å². The van der Waals surface area contributed by atoms with Gasteiger partial charge in [-0.05, 0) is 47.7 Å². The molecule has 1 N–H and O–H groups in total. The number of hydrogen-bond donors (Lipinski definition) is 1. The molecular weight excluding hydrogens is 401 g/mol. The van der Waals surface area contributed by atoms with E-state index < -0.39 is 11.9 Å². The van der Waals surface area contributed by atoms with E-state index in [1.807, 2.05) is 6.07 Å². The van der Waals surface area contributed by atoms with Crippen LogP contribution in [0.3, 0.4) is 0 Å². The summed E-state index contributed by atoms with van der Waals surface area (Å²) in [5.74, 6) is 0. The standard InChI is InChI=1S/C24H29F3N4/c1-5-6-7-14-31(18-10-8-17(9-11-18)23(2,3)4)19-12-13-28-20(15-19)21-16-22(30-29-21)24(25,26)27/h8-13,15-16H,5-7,14H2,1-4H3,(H,29,30). The summed E-state index contributed by atoms with van der Waals surface area (Å²) in [5, 5.41) is 5.85. The number of pyridine rings is 1. The fourth-order valence-electron chi connectivity index (χ4n) is 3.40. The summed E-state index contributed by atoms with van der Waals surface area (Å²) in [6.45, 7) is 9.49.